The van der Waals surface area contributed by atoms with Gasteiger partial charge in [-0.25, -0.2) is 4.79 Å². The lowest BCUT2D eigenvalue weighted by atomic mass is 10.2. The first kappa shape index (κ1) is 10.3. The molecule has 0 radical (unpaired) electrons. The van der Waals surface area contributed by atoms with Gasteiger partial charge in [0.25, 0.3) is 0 Å². The van der Waals surface area contributed by atoms with Gasteiger partial charge >= 0.3 is 5.69 Å². The normalized spacial score (nSPS) is 10.4. The Labute approximate surface area is 91.6 Å². The SMILES string of the molecule is Cc1ccc(-c2nc(N)nc(=O)[nH]2)c(C)n1. The monoisotopic (exact) mass is 217 g/mol. The molecule has 0 bridgehead atoms. The van der Waals surface area contributed by atoms with E-state index in [1.807, 2.05) is 26.0 Å². The van der Waals surface area contributed by atoms with Gasteiger partial charge in [-0.1, -0.05) is 0 Å². The molecule has 0 aliphatic carbocycles. The highest BCUT2D eigenvalue weighted by molar-refractivity contribution is 5.58. The summed E-state index contributed by atoms with van der Waals surface area (Å²) in [5.41, 5.74) is 7.34. The Morgan fingerprint density at radius 3 is 2.56 bits per heavy atom. The summed E-state index contributed by atoms with van der Waals surface area (Å²) < 4.78 is 0. The average molecular weight is 217 g/mol. The fraction of sp³-hybridized carbons (Fsp3) is 0.200. The van der Waals surface area contributed by atoms with Crippen LogP contribution >= 0.6 is 0 Å². The maximum atomic E-state index is 11.2. The van der Waals surface area contributed by atoms with Crippen LogP contribution in [0.15, 0.2) is 16.9 Å². The van der Waals surface area contributed by atoms with Crippen LogP contribution in [0.2, 0.25) is 0 Å². The molecule has 0 aliphatic heterocycles. The Morgan fingerprint density at radius 2 is 1.94 bits per heavy atom. The van der Waals surface area contributed by atoms with E-state index in [-0.39, 0.29) is 5.95 Å². The van der Waals surface area contributed by atoms with Crippen molar-refractivity contribution in [3.8, 4) is 11.4 Å². The Bertz CT molecular complexity index is 590. The smallest absolute Gasteiger partial charge is 0.349 e. The van der Waals surface area contributed by atoms with Crippen molar-refractivity contribution < 1.29 is 0 Å². The first-order valence-corrected chi connectivity index (χ1v) is 4.75. The van der Waals surface area contributed by atoms with Crippen molar-refractivity contribution in [3.63, 3.8) is 0 Å². The largest absolute Gasteiger partial charge is 0.368 e. The quantitative estimate of drug-likeness (QED) is 0.721. The fourth-order valence-electron chi connectivity index (χ4n) is 1.47. The van der Waals surface area contributed by atoms with Gasteiger partial charge in [-0.3, -0.25) is 9.97 Å². The van der Waals surface area contributed by atoms with E-state index in [2.05, 4.69) is 19.9 Å². The van der Waals surface area contributed by atoms with Gasteiger partial charge in [0.2, 0.25) is 5.95 Å². The number of aromatic nitrogens is 4. The number of nitrogens with two attached hydrogens (primary N) is 1. The zero-order chi connectivity index (χ0) is 11.7. The van der Waals surface area contributed by atoms with E-state index < -0.39 is 5.69 Å². The minimum Gasteiger partial charge on any atom is -0.368 e. The number of nitrogens with one attached hydrogen (secondary N) is 1. The van der Waals surface area contributed by atoms with Crippen LogP contribution in [0.1, 0.15) is 11.4 Å². The van der Waals surface area contributed by atoms with Crippen LogP contribution in [0.25, 0.3) is 11.4 Å². The molecule has 0 aromatic carbocycles. The van der Waals surface area contributed by atoms with Crippen molar-refractivity contribution in [1.82, 2.24) is 19.9 Å². The Balaban J connectivity index is 2.63. The van der Waals surface area contributed by atoms with Crippen LogP contribution in [-0.4, -0.2) is 19.9 Å². The van der Waals surface area contributed by atoms with Crippen LogP contribution in [0.4, 0.5) is 5.95 Å². The summed E-state index contributed by atoms with van der Waals surface area (Å²) in [6, 6.07) is 3.69. The summed E-state index contributed by atoms with van der Waals surface area (Å²) in [4.78, 5) is 25.4. The minimum absolute atomic E-state index is 0.0428. The molecule has 2 aromatic heterocycles. The molecule has 6 nitrogen and oxygen atoms in total. The summed E-state index contributed by atoms with van der Waals surface area (Å²) in [6.07, 6.45) is 0. The van der Waals surface area contributed by atoms with E-state index in [1.54, 1.807) is 0 Å². The minimum atomic E-state index is -0.512. The number of hydrogen-bond donors (Lipinski definition) is 2. The predicted molar refractivity (Wildman–Crippen MR) is 59.8 cm³/mol. The van der Waals surface area contributed by atoms with Crippen LogP contribution in [0.5, 0.6) is 0 Å². The molecule has 16 heavy (non-hydrogen) atoms. The molecule has 0 fully saturated rings. The second-order valence-corrected chi connectivity index (χ2v) is 3.45. The maximum Gasteiger partial charge on any atom is 0.349 e. The summed E-state index contributed by atoms with van der Waals surface area (Å²) in [6.45, 7) is 3.74. The van der Waals surface area contributed by atoms with E-state index >= 15 is 0 Å². The molecular formula is C10H11N5O. The second kappa shape index (κ2) is 3.73. The van der Waals surface area contributed by atoms with Gasteiger partial charge in [-0.15, -0.1) is 0 Å². The van der Waals surface area contributed by atoms with E-state index in [4.69, 9.17) is 5.73 Å². The first-order chi connectivity index (χ1) is 7.56. The second-order valence-electron chi connectivity index (χ2n) is 3.45. The zero-order valence-corrected chi connectivity index (χ0v) is 8.98. The molecule has 0 saturated heterocycles. The number of hydrogen-bond acceptors (Lipinski definition) is 5. The zero-order valence-electron chi connectivity index (χ0n) is 8.98. The lowest BCUT2D eigenvalue weighted by Crippen LogP contribution is -2.16. The number of aromatic amines is 1. The lowest BCUT2D eigenvalue weighted by Gasteiger charge is -2.04. The summed E-state index contributed by atoms with van der Waals surface area (Å²) in [5.74, 6) is 0.348. The standard InChI is InChI=1S/C10H11N5O/c1-5-3-4-7(6(2)12-5)8-13-9(11)15-10(16)14-8/h3-4H,1-2H3,(H3,11,13,14,15,16). The summed E-state index contributed by atoms with van der Waals surface area (Å²) >= 11 is 0. The van der Waals surface area contributed by atoms with Gasteiger partial charge in [-0.05, 0) is 26.0 Å². The third kappa shape index (κ3) is 1.90. The van der Waals surface area contributed by atoms with Crippen molar-refractivity contribution >= 4 is 5.95 Å². The highest BCUT2D eigenvalue weighted by atomic mass is 16.1. The molecule has 0 spiro atoms. The molecule has 0 atom stereocenters. The van der Waals surface area contributed by atoms with Crippen molar-refractivity contribution in [3.05, 3.63) is 34.0 Å². The van der Waals surface area contributed by atoms with Gasteiger partial charge in [-0.2, -0.15) is 9.97 Å². The number of pyridine rings is 1. The molecule has 6 heteroatoms. The lowest BCUT2D eigenvalue weighted by molar-refractivity contribution is 0.999. The molecule has 3 N–H and O–H groups in total. The molecular weight excluding hydrogens is 206 g/mol. The number of aryl methyl sites for hydroxylation is 2. The van der Waals surface area contributed by atoms with E-state index in [0.29, 0.717) is 5.82 Å². The summed E-state index contributed by atoms with van der Waals surface area (Å²) in [7, 11) is 0. The number of nitrogen functional groups attached to an aromatic ring is 1. The third-order valence-corrected chi connectivity index (χ3v) is 2.15. The van der Waals surface area contributed by atoms with Gasteiger partial charge < -0.3 is 5.73 Å². The van der Waals surface area contributed by atoms with Crippen LogP contribution < -0.4 is 11.4 Å². The summed E-state index contributed by atoms with van der Waals surface area (Å²) in [5, 5.41) is 0. The van der Waals surface area contributed by atoms with Crippen molar-refractivity contribution in [1.29, 1.82) is 0 Å². The molecule has 2 aromatic rings. The molecule has 2 heterocycles. The molecule has 0 amide bonds. The predicted octanol–water partition coefficient (Wildman–Crippen LogP) is 0.426. The van der Waals surface area contributed by atoms with Crippen LogP contribution in [0.3, 0.4) is 0 Å². The first-order valence-electron chi connectivity index (χ1n) is 4.75. The van der Waals surface area contributed by atoms with Crippen molar-refractivity contribution in [2.45, 2.75) is 13.8 Å². The van der Waals surface area contributed by atoms with Gasteiger partial charge in [0, 0.05) is 17.0 Å². The number of H-pyrrole nitrogens is 1. The molecule has 0 saturated carbocycles. The van der Waals surface area contributed by atoms with E-state index in [9.17, 15) is 4.79 Å². The Morgan fingerprint density at radius 1 is 1.19 bits per heavy atom. The van der Waals surface area contributed by atoms with Gasteiger partial charge in [0.15, 0.2) is 0 Å². The Hall–Kier alpha value is -2.24. The van der Waals surface area contributed by atoms with E-state index in [1.165, 1.54) is 0 Å². The number of nitrogens with zero attached hydrogens (tertiary/aromatic N) is 3. The number of anilines is 1. The third-order valence-electron chi connectivity index (χ3n) is 2.15. The highest BCUT2D eigenvalue weighted by Gasteiger charge is 2.07. The molecule has 2 rings (SSSR count). The van der Waals surface area contributed by atoms with Gasteiger partial charge in [0.1, 0.15) is 5.82 Å². The van der Waals surface area contributed by atoms with Crippen LogP contribution in [-0.2, 0) is 0 Å². The number of rotatable bonds is 1. The molecule has 82 valence electrons. The maximum absolute atomic E-state index is 11.2. The van der Waals surface area contributed by atoms with E-state index in [0.717, 1.165) is 17.0 Å². The van der Waals surface area contributed by atoms with Crippen molar-refractivity contribution in [2.75, 3.05) is 5.73 Å². The molecule has 0 aliphatic rings. The van der Waals surface area contributed by atoms with Crippen molar-refractivity contribution in [2.24, 2.45) is 0 Å². The topological polar surface area (TPSA) is 97.5 Å². The molecule has 0 unspecified atom stereocenters. The highest BCUT2D eigenvalue weighted by Crippen LogP contribution is 2.17. The Kier molecular flexibility index (Phi) is 2.40. The van der Waals surface area contributed by atoms with Gasteiger partial charge in [0.05, 0.1) is 0 Å². The fourth-order valence-corrected chi connectivity index (χ4v) is 1.47. The van der Waals surface area contributed by atoms with Crippen LogP contribution in [0, 0.1) is 13.8 Å². The average Bonchev–Trinajstić information content (AvgIpc) is 2.15.